The van der Waals surface area contributed by atoms with E-state index < -0.39 is 10.0 Å². The molecule has 1 N–H and O–H groups in total. The first kappa shape index (κ1) is 17.3. The Hall–Kier alpha value is -1.07. The van der Waals surface area contributed by atoms with E-state index in [1.807, 2.05) is 18.2 Å². The summed E-state index contributed by atoms with van der Waals surface area (Å²) in [5.74, 6) is 3.45. The standard InChI is InChI=1S/C15H19BrN2O3S/c1-2-9-21-15-5-4-14(16)11-13(15)12-17-6-8-18-7-3-10-22(18,19)20/h1,4-5,11,17H,3,6-10,12H2. The first-order chi connectivity index (χ1) is 10.5. The van der Waals surface area contributed by atoms with Gasteiger partial charge in [0.1, 0.15) is 12.4 Å². The second-order valence-corrected chi connectivity index (χ2v) is 7.99. The van der Waals surface area contributed by atoms with E-state index in [2.05, 4.69) is 27.2 Å². The van der Waals surface area contributed by atoms with Gasteiger partial charge in [-0.25, -0.2) is 12.7 Å². The highest BCUT2D eigenvalue weighted by Crippen LogP contribution is 2.23. The van der Waals surface area contributed by atoms with Crippen LogP contribution >= 0.6 is 15.9 Å². The van der Waals surface area contributed by atoms with E-state index in [1.54, 1.807) is 0 Å². The summed E-state index contributed by atoms with van der Waals surface area (Å²) in [4.78, 5) is 0. The van der Waals surface area contributed by atoms with Gasteiger partial charge < -0.3 is 10.1 Å². The lowest BCUT2D eigenvalue weighted by Gasteiger charge is -2.15. The second-order valence-electron chi connectivity index (χ2n) is 4.99. The van der Waals surface area contributed by atoms with Gasteiger partial charge in [0.05, 0.1) is 5.75 Å². The highest BCUT2D eigenvalue weighted by atomic mass is 79.9. The topological polar surface area (TPSA) is 58.6 Å². The van der Waals surface area contributed by atoms with Crippen molar-refractivity contribution in [2.24, 2.45) is 0 Å². The van der Waals surface area contributed by atoms with Crippen molar-refractivity contribution in [3.05, 3.63) is 28.2 Å². The summed E-state index contributed by atoms with van der Waals surface area (Å²) >= 11 is 3.43. The van der Waals surface area contributed by atoms with Crippen molar-refractivity contribution in [1.82, 2.24) is 9.62 Å². The van der Waals surface area contributed by atoms with Gasteiger partial charge in [-0.2, -0.15) is 0 Å². The molecule has 0 saturated carbocycles. The Morgan fingerprint density at radius 2 is 2.27 bits per heavy atom. The maximum atomic E-state index is 11.7. The first-order valence-corrected chi connectivity index (χ1v) is 9.46. The van der Waals surface area contributed by atoms with Crippen LogP contribution in [0.25, 0.3) is 0 Å². The van der Waals surface area contributed by atoms with Crippen LogP contribution in [0.5, 0.6) is 5.75 Å². The maximum absolute atomic E-state index is 11.7. The van der Waals surface area contributed by atoms with E-state index >= 15 is 0 Å². The second kappa shape index (κ2) is 7.97. The van der Waals surface area contributed by atoms with Crippen LogP contribution in [0.15, 0.2) is 22.7 Å². The summed E-state index contributed by atoms with van der Waals surface area (Å²) in [7, 11) is -3.02. The van der Waals surface area contributed by atoms with Gasteiger partial charge in [-0.05, 0) is 24.6 Å². The fourth-order valence-corrected chi connectivity index (χ4v) is 4.25. The number of hydrogen-bond donors (Lipinski definition) is 1. The number of rotatable bonds is 7. The minimum atomic E-state index is -3.02. The van der Waals surface area contributed by atoms with Crippen molar-refractivity contribution in [3.63, 3.8) is 0 Å². The zero-order valence-corrected chi connectivity index (χ0v) is 14.6. The molecule has 120 valence electrons. The molecule has 1 heterocycles. The predicted octanol–water partition coefficient (Wildman–Crippen LogP) is 1.59. The molecule has 22 heavy (non-hydrogen) atoms. The Morgan fingerprint density at radius 1 is 1.45 bits per heavy atom. The Bertz CT molecular complexity index is 655. The van der Waals surface area contributed by atoms with Crippen LogP contribution in [0.3, 0.4) is 0 Å². The molecule has 0 spiro atoms. The quantitative estimate of drug-likeness (QED) is 0.570. The SMILES string of the molecule is C#CCOc1ccc(Br)cc1CNCCN1CCCS1(=O)=O. The van der Waals surface area contributed by atoms with Crippen molar-refractivity contribution < 1.29 is 13.2 Å². The Kier molecular flexibility index (Phi) is 6.26. The number of nitrogens with zero attached hydrogens (tertiary/aromatic N) is 1. The summed E-state index contributed by atoms with van der Waals surface area (Å²) in [6.07, 6.45) is 5.93. The molecule has 5 nitrogen and oxygen atoms in total. The lowest BCUT2D eigenvalue weighted by Crippen LogP contribution is -2.33. The summed E-state index contributed by atoms with van der Waals surface area (Å²) in [6.45, 7) is 2.53. The fraction of sp³-hybridized carbons (Fsp3) is 0.467. The van der Waals surface area contributed by atoms with Gasteiger partial charge in [0, 0.05) is 36.2 Å². The van der Waals surface area contributed by atoms with Crippen LogP contribution in [0.2, 0.25) is 0 Å². The molecular formula is C15H19BrN2O3S. The average molecular weight is 387 g/mol. The van der Waals surface area contributed by atoms with E-state index in [1.165, 1.54) is 4.31 Å². The third-order valence-electron chi connectivity index (χ3n) is 3.39. The number of ether oxygens (including phenoxy) is 1. The largest absolute Gasteiger partial charge is 0.481 e. The predicted molar refractivity (Wildman–Crippen MR) is 90.2 cm³/mol. The Balaban J connectivity index is 1.86. The molecule has 0 amide bonds. The zero-order valence-electron chi connectivity index (χ0n) is 12.2. The molecule has 7 heteroatoms. The van der Waals surface area contributed by atoms with Crippen molar-refractivity contribution in [2.45, 2.75) is 13.0 Å². The third kappa shape index (κ3) is 4.71. The molecule has 0 atom stereocenters. The molecule has 0 radical (unpaired) electrons. The van der Waals surface area contributed by atoms with Crippen LogP contribution < -0.4 is 10.1 Å². The molecule has 1 aliphatic heterocycles. The maximum Gasteiger partial charge on any atom is 0.214 e. The molecule has 0 bridgehead atoms. The van der Waals surface area contributed by atoms with Crippen molar-refractivity contribution >= 4 is 26.0 Å². The number of hydrogen-bond acceptors (Lipinski definition) is 4. The van der Waals surface area contributed by atoms with E-state index in [4.69, 9.17) is 11.2 Å². The Morgan fingerprint density at radius 3 is 2.95 bits per heavy atom. The molecule has 0 unspecified atom stereocenters. The zero-order chi connectivity index (χ0) is 16.0. The monoisotopic (exact) mass is 386 g/mol. The van der Waals surface area contributed by atoms with Gasteiger partial charge in [-0.3, -0.25) is 0 Å². The highest BCUT2D eigenvalue weighted by molar-refractivity contribution is 9.10. The summed E-state index contributed by atoms with van der Waals surface area (Å²) < 4.78 is 31.4. The minimum Gasteiger partial charge on any atom is -0.481 e. The van der Waals surface area contributed by atoms with Crippen molar-refractivity contribution in [1.29, 1.82) is 0 Å². The average Bonchev–Trinajstić information content (AvgIpc) is 2.81. The van der Waals surface area contributed by atoms with E-state index in [-0.39, 0.29) is 12.4 Å². The van der Waals surface area contributed by atoms with Gasteiger partial charge in [0.2, 0.25) is 10.0 Å². The summed E-state index contributed by atoms with van der Waals surface area (Å²) in [5.41, 5.74) is 0.980. The molecule has 0 aliphatic carbocycles. The molecule has 1 aromatic carbocycles. The van der Waals surface area contributed by atoms with Gasteiger partial charge in [0.25, 0.3) is 0 Å². The number of nitrogens with one attached hydrogen (secondary N) is 1. The number of benzene rings is 1. The molecule has 0 aromatic heterocycles. The highest BCUT2D eigenvalue weighted by Gasteiger charge is 2.27. The number of halogens is 1. The van der Waals surface area contributed by atoms with Gasteiger partial charge in [0.15, 0.2) is 0 Å². The van der Waals surface area contributed by atoms with Gasteiger partial charge in [-0.15, -0.1) is 6.42 Å². The Labute approximate surface area is 140 Å². The van der Waals surface area contributed by atoms with Gasteiger partial charge in [-0.1, -0.05) is 21.9 Å². The molecular weight excluding hydrogens is 368 g/mol. The number of terminal acetylenes is 1. The first-order valence-electron chi connectivity index (χ1n) is 7.06. The smallest absolute Gasteiger partial charge is 0.214 e. The lowest BCUT2D eigenvalue weighted by atomic mass is 10.2. The van der Waals surface area contributed by atoms with E-state index in [0.717, 1.165) is 22.2 Å². The normalized spacial score (nSPS) is 17.3. The van der Waals surface area contributed by atoms with Crippen LogP contribution in [0.4, 0.5) is 0 Å². The van der Waals surface area contributed by atoms with Crippen LogP contribution in [-0.4, -0.2) is 44.7 Å². The summed E-state index contributed by atoms with van der Waals surface area (Å²) in [6, 6.07) is 5.72. The number of sulfonamides is 1. The molecule has 2 rings (SSSR count). The molecule has 1 aliphatic rings. The third-order valence-corrected chi connectivity index (χ3v) is 5.84. The van der Waals surface area contributed by atoms with Crippen molar-refractivity contribution in [3.8, 4) is 18.1 Å². The lowest BCUT2D eigenvalue weighted by molar-refractivity contribution is 0.364. The molecule has 1 aromatic rings. The van der Waals surface area contributed by atoms with Crippen molar-refractivity contribution in [2.75, 3.05) is 32.0 Å². The van der Waals surface area contributed by atoms with Crippen LogP contribution in [0, 0.1) is 12.3 Å². The van der Waals surface area contributed by atoms with E-state index in [0.29, 0.717) is 26.2 Å². The van der Waals surface area contributed by atoms with Crippen LogP contribution in [-0.2, 0) is 16.6 Å². The van der Waals surface area contributed by atoms with E-state index in [9.17, 15) is 8.42 Å². The molecule has 1 saturated heterocycles. The summed E-state index contributed by atoms with van der Waals surface area (Å²) in [5, 5.41) is 3.25. The fourth-order valence-electron chi connectivity index (χ4n) is 2.32. The van der Waals surface area contributed by atoms with Crippen LogP contribution in [0.1, 0.15) is 12.0 Å². The van der Waals surface area contributed by atoms with Gasteiger partial charge >= 0.3 is 0 Å². The minimum absolute atomic E-state index is 0.223. The molecule has 1 fully saturated rings.